The van der Waals surface area contributed by atoms with Crippen molar-refractivity contribution in [3.63, 3.8) is 0 Å². The Morgan fingerprint density at radius 3 is 2.73 bits per heavy atom. The van der Waals surface area contributed by atoms with Crippen molar-refractivity contribution in [3.8, 4) is 5.75 Å². The van der Waals surface area contributed by atoms with E-state index in [0.29, 0.717) is 11.8 Å². The maximum Gasteiger partial charge on any atom is 0.235 e. The summed E-state index contributed by atoms with van der Waals surface area (Å²) in [6, 6.07) is 2.91. The minimum Gasteiger partial charge on any atom is -0.496 e. The van der Waals surface area contributed by atoms with Gasteiger partial charge in [-0.15, -0.1) is 0 Å². The molecule has 0 bridgehead atoms. The van der Waals surface area contributed by atoms with E-state index >= 15 is 0 Å². The molecule has 1 rings (SSSR count). The largest absolute Gasteiger partial charge is 0.496 e. The van der Waals surface area contributed by atoms with Crippen molar-refractivity contribution in [2.45, 2.75) is 6.92 Å². The summed E-state index contributed by atoms with van der Waals surface area (Å²) in [5.74, 6) is -0.254. The van der Waals surface area contributed by atoms with Crippen LogP contribution in [0.3, 0.4) is 0 Å². The van der Waals surface area contributed by atoms with Crippen LogP contribution in [-0.2, 0) is 0 Å². The maximum atomic E-state index is 13.4. The molecule has 0 aliphatic carbocycles. The SMILES string of the molecule is COc1cc(C)cc(F)c1/C=C/[N+](=O)[O-]. The summed E-state index contributed by atoms with van der Waals surface area (Å²) in [5, 5.41) is 10.1. The number of ether oxygens (including phenoxy) is 1. The van der Waals surface area contributed by atoms with Crippen LogP contribution in [0.4, 0.5) is 4.39 Å². The minimum atomic E-state index is -0.654. The molecule has 0 radical (unpaired) electrons. The summed E-state index contributed by atoms with van der Waals surface area (Å²) in [6.45, 7) is 1.71. The molecule has 0 N–H and O–H groups in total. The van der Waals surface area contributed by atoms with Crippen molar-refractivity contribution >= 4 is 6.08 Å². The zero-order chi connectivity index (χ0) is 11.4. The van der Waals surface area contributed by atoms with Crippen LogP contribution in [0.1, 0.15) is 11.1 Å². The van der Waals surface area contributed by atoms with Gasteiger partial charge in [0.25, 0.3) is 0 Å². The Kier molecular flexibility index (Phi) is 3.38. The average molecular weight is 211 g/mol. The lowest BCUT2D eigenvalue weighted by molar-refractivity contribution is -0.401. The molecule has 0 atom stereocenters. The smallest absolute Gasteiger partial charge is 0.235 e. The fraction of sp³-hybridized carbons (Fsp3) is 0.200. The molecule has 0 aliphatic heterocycles. The number of halogens is 1. The first-order valence-electron chi connectivity index (χ1n) is 4.20. The van der Waals surface area contributed by atoms with Crippen molar-refractivity contribution in [2.75, 3.05) is 7.11 Å². The van der Waals surface area contributed by atoms with E-state index in [1.807, 2.05) is 0 Å². The lowest BCUT2D eigenvalue weighted by atomic mass is 10.1. The topological polar surface area (TPSA) is 52.4 Å². The van der Waals surface area contributed by atoms with Gasteiger partial charge in [0.1, 0.15) is 11.6 Å². The zero-order valence-corrected chi connectivity index (χ0v) is 8.36. The molecule has 1 aromatic rings. The minimum absolute atomic E-state index is 0.0831. The predicted octanol–water partition coefficient (Wildman–Crippen LogP) is 2.39. The molecule has 1 aromatic carbocycles. The number of hydrogen-bond acceptors (Lipinski definition) is 3. The molecular formula is C10H10FNO3. The average Bonchev–Trinajstić information content (AvgIpc) is 2.14. The van der Waals surface area contributed by atoms with Gasteiger partial charge in [-0.05, 0) is 24.6 Å². The van der Waals surface area contributed by atoms with Gasteiger partial charge in [0.05, 0.1) is 17.6 Å². The highest BCUT2D eigenvalue weighted by atomic mass is 19.1. The molecule has 80 valence electrons. The van der Waals surface area contributed by atoms with Crippen LogP contribution in [0.5, 0.6) is 5.75 Å². The van der Waals surface area contributed by atoms with Crippen LogP contribution < -0.4 is 4.74 Å². The fourth-order valence-corrected chi connectivity index (χ4v) is 1.19. The van der Waals surface area contributed by atoms with Gasteiger partial charge in [0.15, 0.2) is 0 Å². The summed E-state index contributed by atoms with van der Waals surface area (Å²) < 4.78 is 18.3. The number of aryl methyl sites for hydroxylation is 1. The van der Waals surface area contributed by atoms with E-state index in [0.717, 1.165) is 6.08 Å². The van der Waals surface area contributed by atoms with Crippen molar-refractivity contribution in [1.29, 1.82) is 0 Å². The molecule has 15 heavy (non-hydrogen) atoms. The number of benzene rings is 1. The van der Waals surface area contributed by atoms with E-state index in [1.165, 1.54) is 13.2 Å². The Balaban J connectivity index is 3.20. The first-order valence-corrected chi connectivity index (χ1v) is 4.20. The first-order chi connectivity index (χ1) is 7.04. The van der Waals surface area contributed by atoms with Gasteiger partial charge in [-0.1, -0.05) is 0 Å². The van der Waals surface area contributed by atoms with Crippen LogP contribution in [0, 0.1) is 22.9 Å². The van der Waals surface area contributed by atoms with Crippen LogP contribution in [0.15, 0.2) is 18.3 Å². The van der Waals surface area contributed by atoms with Crippen molar-refractivity contribution < 1.29 is 14.1 Å². The van der Waals surface area contributed by atoms with E-state index in [1.54, 1.807) is 13.0 Å². The molecule has 0 aliphatic rings. The zero-order valence-electron chi connectivity index (χ0n) is 8.36. The molecule has 0 fully saturated rings. The molecule has 4 nitrogen and oxygen atoms in total. The van der Waals surface area contributed by atoms with Crippen LogP contribution in [0.25, 0.3) is 6.08 Å². The number of nitro groups is 1. The normalized spacial score (nSPS) is 10.6. The van der Waals surface area contributed by atoms with Crippen molar-refractivity contribution in [2.24, 2.45) is 0 Å². The van der Waals surface area contributed by atoms with Gasteiger partial charge in [-0.2, -0.15) is 0 Å². The molecular weight excluding hydrogens is 201 g/mol. The molecule has 0 heterocycles. The standard InChI is InChI=1S/C10H10FNO3/c1-7-5-9(11)8(3-4-12(13)14)10(6-7)15-2/h3-6H,1-2H3/b4-3+. The fourth-order valence-electron chi connectivity index (χ4n) is 1.19. The van der Waals surface area contributed by atoms with Crippen LogP contribution >= 0.6 is 0 Å². The quantitative estimate of drug-likeness (QED) is 0.569. The molecule has 0 aromatic heterocycles. The van der Waals surface area contributed by atoms with Crippen LogP contribution in [0.2, 0.25) is 0 Å². The Bertz CT molecular complexity index is 415. The molecule has 0 saturated carbocycles. The monoisotopic (exact) mass is 211 g/mol. The molecule has 0 saturated heterocycles. The third-order valence-electron chi connectivity index (χ3n) is 1.82. The first kappa shape index (κ1) is 11.2. The summed E-state index contributed by atoms with van der Waals surface area (Å²) in [7, 11) is 1.39. The van der Waals surface area contributed by atoms with E-state index in [4.69, 9.17) is 4.74 Å². The van der Waals surface area contributed by atoms with Gasteiger partial charge in [0, 0.05) is 6.08 Å². The predicted molar refractivity (Wildman–Crippen MR) is 53.7 cm³/mol. The Morgan fingerprint density at radius 2 is 2.20 bits per heavy atom. The van der Waals surface area contributed by atoms with Crippen molar-refractivity contribution in [3.05, 3.63) is 45.4 Å². The summed E-state index contributed by atoms with van der Waals surface area (Å²) in [6.07, 6.45) is 1.75. The van der Waals surface area contributed by atoms with E-state index in [2.05, 4.69) is 0 Å². The van der Waals surface area contributed by atoms with E-state index < -0.39 is 10.7 Å². The molecule has 5 heteroatoms. The Hall–Kier alpha value is -1.91. The lowest BCUT2D eigenvalue weighted by Crippen LogP contribution is -1.93. The number of hydrogen-bond donors (Lipinski definition) is 0. The third kappa shape index (κ3) is 2.77. The van der Waals surface area contributed by atoms with E-state index in [9.17, 15) is 14.5 Å². The summed E-state index contributed by atoms with van der Waals surface area (Å²) in [4.78, 5) is 9.45. The number of methoxy groups -OCH3 is 1. The highest BCUT2D eigenvalue weighted by Crippen LogP contribution is 2.24. The second-order valence-electron chi connectivity index (χ2n) is 2.96. The molecule has 0 amide bonds. The summed E-state index contributed by atoms with van der Waals surface area (Å²) in [5.41, 5.74) is 0.780. The highest BCUT2D eigenvalue weighted by molar-refractivity contribution is 5.58. The Morgan fingerprint density at radius 1 is 1.53 bits per heavy atom. The molecule has 0 unspecified atom stereocenters. The lowest BCUT2D eigenvalue weighted by Gasteiger charge is -2.06. The third-order valence-corrected chi connectivity index (χ3v) is 1.82. The van der Waals surface area contributed by atoms with Crippen molar-refractivity contribution in [1.82, 2.24) is 0 Å². The second kappa shape index (κ2) is 4.54. The Labute approximate surface area is 86.1 Å². The second-order valence-corrected chi connectivity index (χ2v) is 2.96. The number of rotatable bonds is 3. The summed E-state index contributed by atoms with van der Waals surface area (Å²) >= 11 is 0. The van der Waals surface area contributed by atoms with Crippen LogP contribution in [-0.4, -0.2) is 12.0 Å². The number of nitrogens with zero attached hydrogens (tertiary/aromatic N) is 1. The van der Waals surface area contributed by atoms with Gasteiger partial charge < -0.3 is 4.74 Å². The maximum absolute atomic E-state index is 13.4. The van der Waals surface area contributed by atoms with Gasteiger partial charge in [-0.3, -0.25) is 10.1 Å². The van der Waals surface area contributed by atoms with Gasteiger partial charge in [-0.25, -0.2) is 4.39 Å². The van der Waals surface area contributed by atoms with E-state index in [-0.39, 0.29) is 11.3 Å². The van der Waals surface area contributed by atoms with Gasteiger partial charge in [0.2, 0.25) is 6.20 Å². The highest BCUT2D eigenvalue weighted by Gasteiger charge is 2.08. The molecule has 0 spiro atoms. The van der Waals surface area contributed by atoms with Gasteiger partial charge >= 0.3 is 0 Å².